The van der Waals surface area contributed by atoms with Gasteiger partial charge in [-0.3, -0.25) is 9.88 Å². The number of nitrogens with one attached hydrogen (secondary N) is 1. The van der Waals surface area contributed by atoms with E-state index in [-0.39, 0.29) is 11.6 Å². The molecule has 9 heteroatoms. The van der Waals surface area contributed by atoms with Crippen LogP contribution in [-0.4, -0.2) is 39.9 Å². The number of methoxy groups -OCH3 is 1. The van der Waals surface area contributed by atoms with Crippen molar-refractivity contribution in [3.8, 4) is 11.4 Å². The molecule has 0 saturated carbocycles. The molecule has 164 valence electrons. The summed E-state index contributed by atoms with van der Waals surface area (Å²) in [5.41, 5.74) is 0.520. The summed E-state index contributed by atoms with van der Waals surface area (Å²) >= 11 is 0. The molecule has 0 unspecified atom stereocenters. The van der Waals surface area contributed by atoms with E-state index < -0.39 is 11.7 Å². The molecule has 0 spiro atoms. The molecule has 0 amide bonds. The van der Waals surface area contributed by atoms with Crippen LogP contribution >= 0.6 is 0 Å². The van der Waals surface area contributed by atoms with E-state index in [0.717, 1.165) is 37.1 Å². The molecule has 1 aliphatic heterocycles. The van der Waals surface area contributed by atoms with Crippen LogP contribution in [0.15, 0.2) is 53.3 Å². The molecule has 4 rings (SSSR count). The number of H-pyrrole nitrogens is 1. The molecule has 1 aliphatic rings. The maximum atomic E-state index is 12.8. The average molecular weight is 432 g/mol. The number of alkyl halides is 3. The van der Waals surface area contributed by atoms with E-state index in [4.69, 9.17) is 4.74 Å². The van der Waals surface area contributed by atoms with Crippen molar-refractivity contribution >= 4 is 0 Å². The summed E-state index contributed by atoms with van der Waals surface area (Å²) in [6.07, 6.45) is -2.52. The predicted octanol–water partition coefficient (Wildman–Crippen LogP) is 3.97. The zero-order valence-corrected chi connectivity index (χ0v) is 17.0. The fourth-order valence-corrected chi connectivity index (χ4v) is 3.90. The lowest BCUT2D eigenvalue weighted by molar-refractivity contribution is -0.137. The van der Waals surface area contributed by atoms with Gasteiger partial charge in [0.25, 0.3) is 0 Å². The fourth-order valence-electron chi connectivity index (χ4n) is 3.90. The maximum Gasteiger partial charge on any atom is 0.416 e. The summed E-state index contributed by atoms with van der Waals surface area (Å²) in [6.45, 7) is 2.08. The number of rotatable bonds is 5. The van der Waals surface area contributed by atoms with Crippen LogP contribution < -0.4 is 10.4 Å². The van der Waals surface area contributed by atoms with Gasteiger partial charge in [0, 0.05) is 19.0 Å². The topological polar surface area (TPSA) is 63.1 Å². The number of aromatic nitrogens is 3. The Labute approximate surface area is 177 Å². The zero-order chi connectivity index (χ0) is 22.0. The molecule has 1 atom stereocenters. The third-order valence-corrected chi connectivity index (χ3v) is 5.53. The number of nitrogens with zero attached hydrogens (tertiary/aromatic N) is 3. The number of ether oxygens (including phenoxy) is 1. The first-order valence-corrected chi connectivity index (χ1v) is 10.1. The second-order valence-electron chi connectivity index (χ2n) is 7.69. The highest BCUT2D eigenvalue weighted by molar-refractivity contribution is 5.36. The summed E-state index contributed by atoms with van der Waals surface area (Å²) < 4.78 is 44.8. The van der Waals surface area contributed by atoms with Gasteiger partial charge in [0.1, 0.15) is 11.6 Å². The molecule has 1 aromatic heterocycles. The molecular formula is C22H23F3N4O2. The van der Waals surface area contributed by atoms with Crippen molar-refractivity contribution in [3.63, 3.8) is 0 Å². The minimum atomic E-state index is -4.33. The van der Waals surface area contributed by atoms with Crippen LogP contribution in [-0.2, 0) is 12.7 Å². The van der Waals surface area contributed by atoms with Gasteiger partial charge in [0.05, 0.1) is 18.4 Å². The summed E-state index contributed by atoms with van der Waals surface area (Å²) in [5, 5.41) is 4.50. The number of halogens is 3. The average Bonchev–Trinajstić information content (AvgIpc) is 3.15. The van der Waals surface area contributed by atoms with Crippen LogP contribution in [0.5, 0.6) is 5.75 Å². The van der Waals surface area contributed by atoms with Crippen molar-refractivity contribution in [1.29, 1.82) is 0 Å². The standard InChI is InChI=1S/C22H23F3N4O2/c1-31-19-10-8-18(9-11-19)29-21(30)26-20(27-29)16-3-2-12-28(14-16)13-15-4-6-17(7-5-15)22(23,24)25/h4-11,16H,2-3,12-14H2,1H3,(H,26,27,30)/t16-/m0/s1. The largest absolute Gasteiger partial charge is 0.497 e. The molecular weight excluding hydrogens is 409 g/mol. The third kappa shape index (κ3) is 4.82. The maximum absolute atomic E-state index is 12.8. The van der Waals surface area contributed by atoms with Crippen molar-refractivity contribution in [2.45, 2.75) is 31.5 Å². The minimum absolute atomic E-state index is 0.0513. The van der Waals surface area contributed by atoms with Gasteiger partial charge in [-0.1, -0.05) is 12.1 Å². The van der Waals surface area contributed by atoms with Crippen molar-refractivity contribution in [2.75, 3.05) is 20.2 Å². The number of benzene rings is 2. The number of likely N-dealkylation sites (tertiary alicyclic amines) is 1. The molecule has 1 N–H and O–H groups in total. The Bertz CT molecular complexity index is 1070. The van der Waals surface area contributed by atoms with Crippen molar-refractivity contribution < 1.29 is 17.9 Å². The van der Waals surface area contributed by atoms with Gasteiger partial charge in [0.2, 0.25) is 0 Å². The second-order valence-corrected chi connectivity index (χ2v) is 7.69. The highest BCUT2D eigenvalue weighted by Gasteiger charge is 2.30. The molecule has 0 bridgehead atoms. The van der Waals surface area contributed by atoms with Crippen LogP contribution in [0.1, 0.15) is 35.7 Å². The van der Waals surface area contributed by atoms with Gasteiger partial charge in [-0.2, -0.15) is 17.9 Å². The SMILES string of the molecule is COc1ccc(-n2nc([C@H]3CCCN(Cc4ccc(C(F)(F)F)cc4)C3)[nH]c2=O)cc1. The van der Waals surface area contributed by atoms with Crippen LogP contribution in [0.4, 0.5) is 13.2 Å². The van der Waals surface area contributed by atoms with E-state index in [9.17, 15) is 18.0 Å². The first-order valence-electron chi connectivity index (χ1n) is 10.1. The minimum Gasteiger partial charge on any atom is -0.497 e. The summed E-state index contributed by atoms with van der Waals surface area (Å²) in [7, 11) is 1.58. The smallest absolute Gasteiger partial charge is 0.416 e. The molecule has 3 aromatic rings. The zero-order valence-electron chi connectivity index (χ0n) is 17.0. The molecule has 0 radical (unpaired) electrons. The highest BCUT2D eigenvalue weighted by Crippen LogP contribution is 2.30. The van der Waals surface area contributed by atoms with E-state index in [1.165, 1.54) is 16.8 Å². The fraction of sp³-hybridized carbons (Fsp3) is 0.364. The Balaban J connectivity index is 1.45. The summed E-state index contributed by atoms with van der Waals surface area (Å²) in [4.78, 5) is 17.5. The molecule has 31 heavy (non-hydrogen) atoms. The van der Waals surface area contributed by atoms with E-state index in [0.29, 0.717) is 30.4 Å². The van der Waals surface area contributed by atoms with Gasteiger partial charge in [-0.15, -0.1) is 5.10 Å². The Morgan fingerprint density at radius 2 is 1.84 bits per heavy atom. The molecule has 2 aromatic carbocycles. The van der Waals surface area contributed by atoms with E-state index >= 15 is 0 Å². The predicted molar refractivity (Wildman–Crippen MR) is 109 cm³/mol. The summed E-state index contributed by atoms with van der Waals surface area (Å²) in [6, 6.07) is 12.3. The summed E-state index contributed by atoms with van der Waals surface area (Å²) in [5.74, 6) is 1.37. The Morgan fingerprint density at radius 1 is 1.13 bits per heavy atom. The first-order chi connectivity index (χ1) is 14.8. The van der Waals surface area contributed by atoms with Crippen LogP contribution in [0.25, 0.3) is 5.69 Å². The van der Waals surface area contributed by atoms with Crippen molar-refractivity contribution in [1.82, 2.24) is 19.7 Å². The molecule has 6 nitrogen and oxygen atoms in total. The quantitative estimate of drug-likeness (QED) is 0.663. The number of aromatic amines is 1. The van der Waals surface area contributed by atoms with Gasteiger partial charge >= 0.3 is 11.9 Å². The van der Waals surface area contributed by atoms with E-state index in [1.807, 2.05) is 0 Å². The first kappa shape index (κ1) is 21.2. The van der Waals surface area contributed by atoms with Gasteiger partial charge < -0.3 is 4.74 Å². The number of piperidine rings is 1. The third-order valence-electron chi connectivity index (χ3n) is 5.53. The molecule has 0 aliphatic carbocycles. The van der Waals surface area contributed by atoms with E-state index in [1.54, 1.807) is 31.4 Å². The van der Waals surface area contributed by atoms with E-state index in [2.05, 4.69) is 15.0 Å². The lowest BCUT2D eigenvalue weighted by Crippen LogP contribution is -2.34. The van der Waals surface area contributed by atoms with Crippen LogP contribution in [0.3, 0.4) is 0 Å². The second kappa shape index (κ2) is 8.58. The highest BCUT2D eigenvalue weighted by atomic mass is 19.4. The van der Waals surface area contributed by atoms with Gasteiger partial charge in [0.15, 0.2) is 0 Å². The van der Waals surface area contributed by atoms with Crippen LogP contribution in [0, 0.1) is 0 Å². The number of hydrogen-bond acceptors (Lipinski definition) is 4. The molecule has 1 saturated heterocycles. The normalized spacial score (nSPS) is 17.6. The lowest BCUT2D eigenvalue weighted by Gasteiger charge is -2.31. The van der Waals surface area contributed by atoms with Crippen molar-refractivity contribution in [2.24, 2.45) is 0 Å². The van der Waals surface area contributed by atoms with Gasteiger partial charge in [-0.05, 0) is 61.3 Å². The van der Waals surface area contributed by atoms with Crippen LogP contribution in [0.2, 0.25) is 0 Å². The Hall–Kier alpha value is -3.07. The molecule has 2 heterocycles. The van der Waals surface area contributed by atoms with Gasteiger partial charge in [-0.25, -0.2) is 4.79 Å². The lowest BCUT2D eigenvalue weighted by atomic mass is 9.97. The Morgan fingerprint density at radius 3 is 2.48 bits per heavy atom. The Kier molecular flexibility index (Phi) is 5.86. The van der Waals surface area contributed by atoms with Crippen molar-refractivity contribution in [3.05, 3.63) is 76.0 Å². The molecule has 1 fully saturated rings. The number of hydrogen-bond donors (Lipinski definition) is 1. The monoisotopic (exact) mass is 432 g/mol.